The zero-order chi connectivity index (χ0) is 18.0. The molecule has 3 rings (SSSR count). The van der Waals surface area contributed by atoms with Crippen LogP contribution in [0.4, 0.5) is 4.39 Å². The first kappa shape index (κ1) is 18.0. The summed E-state index contributed by atoms with van der Waals surface area (Å²) in [5.41, 5.74) is -0.333. The summed E-state index contributed by atoms with van der Waals surface area (Å²) in [6.45, 7) is 2.60. The van der Waals surface area contributed by atoms with Gasteiger partial charge in [0.1, 0.15) is 11.5 Å². The van der Waals surface area contributed by atoms with E-state index in [1.54, 1.807) is 11.5 Å². The van der Waals surface area contributed by atoms with E-state index in [0.717, 1.165) is 35.4 Å². The molecule has 1 aromatic heterocycles. The largest absolute Gasteiger partial charge is 0.465 e. The van der Waals surface area contributed by atoms with Gasteiger partial charge >= 0.3 is 11.7 Å². The lowest BCUT2D eigenvalue weighted by Gasteiger charge is -2.09. The van der Waals surface area contributed by atoms with E-state index in [1.165, 1.54) is 6.07 Å². The number of rotatable bonds is 5. The molecule has 0 unspecified atom stereocenters. The Labute approximate surface area is 152 Å². The highest BCUT2D eigenvalue weighted by molar-refractivity contribution is 8.00. The molecular formula is C16H17ClFN3O3S. The first-order valence-electron chi connectivity index (χ1n) is 7.97. The Kier molecular flexibility index (Phi) is 5.48. The molecule has 0 spiro atoms. The Balaban J connectivity index is 1.94. The molecule has 0 atom stereocenters. The molecule has 6 nitrogen and oxygen atoms in total. The molecule has 2 heterocycles. The van der Waals surface area contributed by atoms with Crippen molar-refractivity contribution in [2.24, 2.45) is 0 Å². The van der Waals surface area contributed by atoms with Gasteiger partial charge in [0.05, 0.1) is 17.4 Å². The van der Waals surface area contributed by atoms with E-state index in [1.807, 2.05) is 0 Å². The number of carbonyl (C=O) groups excluding carboxylic acids is 1. The number of aryl methyl sites for hydroxylation is 1. The Morgan fingerprint density at radius 2 is 2.24 bits per heavy atom. The maximum Gasteiger partial charge on any atom is 0.350 e. The summed E-state index contributed by atoms with van der Waals surface area (Å²) in [6, 6.07) is 2.58. The maximum absolute atomic E-state index is 14.4. The van der Waals surface area contributed by atoms with Gasteiger partial charge in [-0.1, -0.05) is 11.6 Å². The fraction of sp³-hybridized carbons (Fsp3) is 0.438. The molecule has 0 bridgehead atoms. The second-order valence-electron chi connectivity index (χ2n) is 5.55. The van der Waals surface area contributed by atoms with Crippen LogP contribution in [0.5, 0.6) is 0 Å². The number of benzene rings is 1. The molecule has 0 amide bonds. The predicted molar refractivity (Wildman–Crippen MR) is 93.1 cm³/mol. The van der Waals surface area contributed by atoms with Crippen molar-refractivity contribution in [3.63, 3.8) is 0 Å². The van der Waals surface area contributed by atoms with Crippen LogP contribution in [-0.2, 0) is 22.5 Å². The van der Waals surface area contributed by atoms with Crippen molar-refractivity contribution in [2.75, 3.05) is 12.4 Å². The van der Waals surface area contributed by atoms with Gasteiger partial charge < -0.3 is 4.74 Å². The lowest BCUT2D eigenvalue weighted by Crippen LogP contribution is -2.26. The molecule has 1 aliphatic rings. The monoisotopic (exact) mass is 385 g/mol. The van der Waals surface area contributed by atoms with Crippen LogP contribution in [-0.4, -0.2) is 32.7 Å². The number of carbonyl (C=O) groups is 1. The number of fused-ring (bicyclic) bond motifs is 1. The number of nitrogens with zero attached hydrogens (tertiary/aromatic N) is 3. The van der Waals surface area contributed by atoms with Crippen LogP contribution >= 0.6 is 23.4 Å². The number of ether oxygens (including phenoxy) is 1. The number of aromatic nitrogens is 3. The lowest BCUT2D eigenvalue weighted by atomic mass is 10.2. The molecule has 1 aliphatic heterocycles. The van der Waals surface area contributed by atoms with Crippen LogP contribution in [0.2, 0.25) is 5.02 Å². The highest BCUT2D eigenvalue weighted by Crippen LogP contribution is 2.31. The number of hydrogen-bond acceptors (Lipinski definition) is 5. The summed E-state index contributed by atoms with van der Waals surface area (Å²) in [5.74, 6) is -0.314. The maximum atomic E-state index is 14.4. The van der Waals surface area contributed by atoms with Gasteiger partial charge in [-0.3, -0.25) is 9.36 Å². The number of esters is 1. The third-order valence-electron chi connectivity index (χ3n) is 3.85. The average Bonchev–Trinajstić information content (AvgIpc) is 2.91. The molecule has 0 saturated heterocycles. The molecule has 0 saturated carbocycles. The Morgan fingerprint density at radius 1 is 1.44 bits per heavy atom. The van der Waals surface area contributed by atoms with Crippen LogP contribution in [0.25, 0.3) is 5.69 Å². The summed E-state index contributed by atoms with van der Waals surface area (Å²) >= 11 is 7.19. The molecule has 0 radical (unpaired) electrons. The Hall–Kier alpha value is -1.80. The fourth-order valence-corrected chi connectivity index (χ4v) is 3.75. The summed E-state index contributed by atoms with van der Waals surface area (Å²) in [5, 5.41) is 4.43. The summed E-state index contributed by atoms with van der Waals surface area (Å²) in [4.78, 5) is 24.5. The lowest BCUT2D eigenvalue weighted by molar-refractivity contribution is -0.139. The standard InChI is InChI=1S/C16H17ClFN3O3S/c1-2-24-15(22)9-25-13-8-12(11(18)7-10(13)17)21-16(23)20-6-4-3-5-14(20)19-21/h7-8H,2-6,9H2,1H3. The SMILES string of the molecule is CCOC(=O)CSc1cc(-n2nc3n(c2=O)CCCC3)c(F)cc1Cl. The molecule has 0 fully saturated rings. The Bertz CT molecular complexity index is 865. The van der Waals surface area contributed by atoms with Crippen molar-refractivity contribution < 1.29 is 13.9 Å². The summed E-state index contributed by atoms with van der Waals surface area (Å²) in [6.07, 6.45) is 2.56. The molecule has 1 aromatic carbocycles. The first-order valence-corrected chi connectivity index (χ1v) is 9.34. The molecule has 0 N–H and O–H groups in total. The van der Waals surface area contributed by atoms with Crippen LogP contribution in [0.3, 0.4) is 0 Å². The summed E-state index contributed by atoms with van der Waals surface area (Å²) in [7, 11) is 0. The van der Waals surface area contributed by atoms with Crippen molar-refractivity contribution in [1.82, 2.24) is 14.3 Å². The Morgan fingerprint density at radius 3 is 2.96 bits per heavy atom. The van der Waals surface area contributed by atoms with Gasteiger partial charge in [0.2, 0.25) is 0 Å². The minimum atomic E-state index is -0.636. The highest BCUT2D eigenvalue weighted by Gasteiger charge is 2.21. The van der Waals surface area contributed by atoms with Gasteiger partial charge in [0.15, 0.2) is 5.82 Å². The summed E-state index contributed by atoms with van der Waals surface area (Å²) < 4.78 is 21.9. The normalized spacial score (nSPS) is 13.6. The first-order chi connectivity index (χ1) is 12.0. The van der Waals surface area contributed by atoms with E-state index in [2.05, 4.69) is 5.10 Å². The van der Waals surface area contributed by atoms with Crippen molar-refractivity contribution in [3.8, 4) is 5.69 Å². The second-order valence-corrected chi connectivity index (χ2v) is 6.97. The van der Waals surface area contributed by atoms with Crippen LogP contribution in [0.15, 0.2) is 21.8 Å². The van der Waals surface area contributed by atoms with E-state index in [-0.39, 0.29) is 34.7 Å². The van der Waals surface area contributed by atoms with Gasteiger partial charge in [-0.15, -0.1) is 16.9 Å². The van der Waals surface area contributed by atoms with Gasteiger partial charge in [0, 0.05) is 17.9 Å². The van der Waals surface area contributed by atoms with Gasteiger partial charge in [-0.2, -0.15) is 4.68 Å². The van der Waals surface area contributed by atoms with Crippen LogP contribution in [0.1, 0.15) is 25.6 Å². The van der Waals surface area contributed by atoms with E-state index in [9.17, 15) is 14.0 Å². The van der Waals surface area contributed by atoms with Gasteiger partial charge in [0.25, 0.3) is 0 Å². The minimum absolute atomic E-state index is 0.0302. The predicted octanol–water partition coefficient (Wildman–Crippen LogP) is 2.82. The van der Waals surface area contributed by atoms with Crippen molar-refractivity contribution in [1.29, 1.82) is 0 Å². The average molecular weight is 386 g/mol. The zero-order valence-corrected chi connectivity index (χ0v) is 15.2. The molecule has 25 heavy (non-hydrogen) atoms. The molecule has 9 heteroatoms. The topological polar surface area (TPSA) is 66.1 Å². The molecule has 2 aromatic rings. The number of thioether (sulfide) groups is 1. The van der Waals surface area contributed by atoms with Crippen molar-refractivity contribution in [3.05, 3.63) is 39.3 Å². The molecular weight excluding hydrogens is 369 g/mol. The second kappa shape index (κ2) is 7.61. The number of halogens is 2. The van der Waals surface area contributed by atoms with Crippen LogP contribution in [0, 0.1) is 5.82 Å². The van der Waals surface area contributed by atoms with Crippen molar-refractivity contribution >= 4 is 29.3 Å². The molecule has 134 valence electrons. The van der Waals surface area contributed by atoms with E-state index in [0.29, 0.717) is 23.7 Å². The van der Waals surface area contributed by atoms with Gasteiger partial charge in [-0.05, 0) is 31.9 Å². The number of hydrogen-bond donors (Lipinski definition) is 0. The highest BCUT2D eigenvalue weighted by atomic mass is 35.5. The van der Waals surface area contributed by atoms with E-state index < -0.39 is 5.82 Å². The third-order valence-corrected chi connectivity index (χ3v) is 5.31. The quantitative estimate of drug-likeness (QED) is 0.585. The smallest absolute Gasteiger partial charge is 0.350 e. The molecule has 0 aliphatic carbocycles. The van der Waals surface area contributed by atoms with Crippen LogP contribution < -0.4 is 5.69 Å². The van der Waals surface area contributed by atoms with Gasteiger partial charge in [-0.25, -0.2) is 9.18 Å². The van der Waals surface area contributed by atoms with Crippen molar-refractivity contribution in [2.45, 2.75) is 37.6 Å². The zero-order valence-electron chi connectivity index (χ0n) is 13.6. The minimum Gasteiger partial charge on any atom is -0.465 e. The van der Waals surface area contributed by atoms with E-state index >= 15 is 0 Å². The third kappa shape index (κ3) is 3.74. The fourth-order valence-electron chi connectivity index (χ4n) is 2.69. The van der Waals surface area contributed by atoms with E-state index in [4.69, 9.17) is 16.3 Å².